The molecule has 0 atom stereocenters. The van der Waals surface area contributed by atoms with E-state index in [0.717, 1.165) is 11.3 Å². The monoisotopic (exact) mass is 296 g/mol. The molecule has 0 spiro atoms. The smallest absolute Gasteiger partial charge is 0.190 e. The van der Waals surface area contributed by atoms with E-state index in [1.165, 1.54) is 18.2 Å². The predicted molar refractivity (Wildman–Crippen MR) is 87.7 cm³/mol. The fourth-order valence-electron chi connectivity index (χ4n) is 2.39. The van der Waals surface area contributed by atoms with Gasteiger partial charge in [0, 0.05) is 36.9 Å². The summed E-state index contributed by atoms with van der Waals surface area (Å²) in [5.41, 5.74) is 2.48. The van der Waals surface area contributed by atoms with Crippen LogP contribution >= 0.6 is 0 Å². The molecule has 0 aliphatic rings. The minimum atomic E-state index is -0.318. The Labute approximate surface area is 127 Å². The Morgan fingerprint density at radius 1 is 1.00 bits per heavy atom. The molecular formula is C17H16N2O3. The molecule has 1 aromatic heterocycles. The molecule has 5 nitrogen and oxygen atoms in total. The zero-order valence-electron chi connectivity index (χ0n) is 12.3. The van der Waals surface area contributed by atoms with Gasteiger partial charge >= 0.3 is 0 Å². The van der Waals surface area contributed by atoms with Gasteiger partial charge in [-0.05, 0) is 29.8 Å². The minimum absolute atomic E-state index is 0.212. The molecule has 0 bridgehead atoms. The number of phenols is 2. The second kappa shape index (κ2) is 5.11. The zero-order chi connectivity index (χ0) is 15.9. The normalized spacial score (nSPS) is 10.8. The first-order valence-corrected chi connectivity index (χ1v) is 6.83. The molecule has 112 valence electrons. The van der Waals surface area contributed by atoms with Crippen LogP contribution in [0.5, 0.6) is 11.5 Å². The number of nitrogens with zero attached hydrogens (tertiary/aromatic N) is 1. The van der Waals surface area contributed by atoms with Crippen LogP contribution < -0.4 is 10.3 Å². The summed E-state index contributed by atoms with van der Waals surface area (Å²) in [6.07, 6.45) is 0. The molecule has 0 radical (unpaired) electrons. The molecule has 3 aromatic rings. The molecule has 3 rings (SSSR count). The van der Waals surface area contributed by atoms with E-state index in [-0.39, 0.29) is 22.4 Å². The summed E-state index contributed by atoms with van der Waals surface area (Å²) in [6.45, 7) is 0. The number of rotatable bonds is 2. The molecule has 0 aliphatic carbocycles. The van der Waals surface area contributed by atoms with E-state index in [9.17, 15) is 15.0 Å². The van der Waals surface area contributed by atoms with Crippen LogP contribution in [-0.4, -0.2) is 29.3 Å². The van der Waals surface area contributed by atoms with Crippen LogP contribution in [-0.2, 0) is 0 Å². The van der Waals surface area contributed by atoms with E-state index in [1.807, 2.05) is 43.3 Å². The van der Waals surface area contributed by atoms with Crippen LogP contribution in [0.1, 0.15) is 0 Å². The summed E-state index contributed by atoms with van der Waals surface area (Å²) in [5.74, 6) is -0.579. The number of hydrogen-bond donors (Lipinski definition) is 3. The van der Waals surface area contributed by atoms with Crippen LogP contribution in [0.15, 0.2) is 47.3 Å². The van der Waals surface area contributed by atoms with Gasteiger partial charge in [-0.2, -0.15) is 0 Å². The van der Waals surface area contributed by atoms with Gasteiger partial charge in [-0.15, -0.1) is 0 Å². The van der Waals surface area contributed by atoms with Crippen molar-refractivity contribution in [2.75, 3.05) is 19.0 Å². The van der Waals surface area contributed by atoms with E-state index < -0.39 is 0 Å². The highest BCUT2D eigenvalue weighted by atomic mass is 16.3. The summed E-state index contributed by atoms with van der Waals surface area (Å²) in [7, 11) is 3.90. The van der Waals surface area contributed by atoms with Crippen molar-refractivity contribution in [2.24, 2.45) is 0 Å². The summed E-state index contributed by atoms with van der Waals surface area (Å²) >= 11 is 0. The molecule has 1 heterocycles. The summed E-state index contributed by atoms with van der Waals surface area (Å²) in [4.78, 5) is 17.2. The lowest BCUT2D eigenvalue weighted by Gasteiger charge is -2.13. The number of benzene rings is 2. The number of aromatic nitrogens is 1. The molecule has 0 unspecified atom stereocenters. The average Bonchev–Trinajstić information content (AvgIpc) is 2.51. The SMILES string of the molecule is CN(C)c1ccc(-c2cc(=O)c3ccc(O)c(O)c3[nH]2)cc1. The van der Waals surface area contributed by atoms with Crippen molar-refractivity contribution in [3.8, 4) is 22.8 Å². The number of anilines is 1. The second-order valence-electron chi connectivity index (χ2n) is 5.34. The summed E-state index contributed by atoms with van der Waals surface area (Å²) in [6, 6.07) is 12.0. The van der Waals surface area contributed by atoms with E-state index in [1.54, 1.807) is 0 Å². The number of fused-ring (bicyclic) bond motifs is 1. The van der Waals surface area contributed by atoms with Crippen LogP contribution in [0.4, 0.5) is 5.69 Å². The Hall–Kier alpha value is -2.95. The molecule has 0 fully saturated rings. The maximum atomic E-state index is 12.2. The zero-order valence-corrected chi connectivity index (χ0v) is 12.3. The van der Waals surface area contributed by atoms with E-state index in [4.69, 9.17) is 0 Å². The van der Waals surface area contributed by atoms with Crippen LogP contribution in [0.25, 0.3) is 22.2 Å². The molecule has 0 saturated carbocycles. The Bertz CT molecular complexity index is 896. The van der Waals surface area contributed by atoms with Crippen molar-refractivity contribution in [3.63, 3.8) is 0 Å². The van der Waals surface area contributed by atoms with Crippen LogP contribution in [0.2, 0.25) is 0 Å². The standard InChI is InChI=1S/C17H16N2O3/c1-19(2)11-5-3-10(4-6-11)13-9-15(21)12-7-8-14(20)17(22)16(12)18-13/h3-9,20,22H,1-2H3,(H,18,21). The number of aromatic hydroxyl groups is 2. The van der Waals surface area contributed by atoms with E-state index in [0.29, 0.717) is 11.1 Å². The molecule has 0 amide bonds. The number of phenolic OH excluding ortho intramolecular Hbond substituents is 2. The van der Waals surface area contributed by atoms with Gasteiger partial charge in [0.15, 0.2) is 16.9 Å². The van der Waals surface area contributed by atoms with Gasteiger partial charge in [0.1, 0.15) is 0 Å². The maximum Gasteiger partial charge on any atom is 0.190 e. The Balaban J connectivity index is 2.19. The van der Waals surface area contributed by atoms with Crippen LogP contribution in [0, 0.1) is 0 Å². The topological polar surface area (TPSA) is 76.6 Å². The lowest BCUT2D eigenvalue weighted by molar-refractivity contribution is 0.407. The molecule has 2 aromatic carbocycles. The molecule has 5 heteroatoms. The van der Waals surface area contributed by atoms with Crippen molar-refractivity contribution >= 4 is 16.6 Å². The van der Waals surface area contributed by atoms with Gasteiger partial charge < -0.3 is 20.1 Å². The van der Waals surface area contributed by atoms with Crippen molar-refractivity contribution < 1.29 is 10.2 Å². The fraction of sp³-hybridized carbons (Fsp3) is 0.118. The summed E-state index contributed by atoms with van der Waals surface area (Å²) in [5, 5.41) is 19.9. The van der Waals surface area contributed by atoms with Crippen molar-refractivity contribution in [1.82, 2.24) is 4.98 Å². The number of hydrogen-bond acceptors (Lipinski definition) is 4. The first kappa shape index (κ1) is 14.0. The molecule has 22 heavy (non-hydrogen) atoms. The predicted octanol–water partition coefficient (Wildman–Crippen LogP) is 2.67. The minimum Gasteiger partial charge on any atom is -0.504 e. The molecule has 0 aliphatic heterocycles. The van der Waals surface area contributed by atoms with Gasteiger partial charge in [-0.25, -0.2) is 0 Å². The van der Waals surface area contributed by atoms with Crippen LogP contribution in [0.3, 0.4) is 0 Å². The van der Waals surface area contributed by atoms with Gasteiger partial charge in [-0.1, -0.05) is 12.1 Å². The largest absolute Gasteiger partial charge is 0.504 e. The lowest BCUT2D eigenvalue weighted by atomic mass is 10.1. The Morgan fingerprint density at radius 3 is 2.32 bits per heavy atom. The van der Waals surface area contributed by atoms with Crippen molar-refractivity contribution in [1.29, 1.82) is 0 Å². The van der Waals surface area contributed by atoms with Gasteiger partial charge in [0.25, 0.3) is 0 Å². The third-order valence-corrected chi connectivity index (χ3v) is 3.65. The average molecular weight is 296 g/mol. The number of H-pyrrole nitrogens is 1. The quantitative estimate of drug-likeness (QED) is 0.635. The highest BCUT2D eigenvalue weighted by molar-refractivity contribution is 5.88. The highest BCUT2D eigenvalue weighted by Gasteiger charge is 2.10. The third kappa shape index (κ3) is 2.26. The third-order valence-electron chi connectivity index (χ3n) is 3.65. The Kier molecular flexibility index (Phi) is 3.25. The fourth-order valence-corrected chi connectivity index (χ4v) is 2.39. The summed E-state index contributed by atoms with van der Waals surface area (Å²) < 4.78 is 0. The van der Waals surface area contributed by atoms with Gasteiger partial charge in [0.05, 0.1) is 5.52 Å². The number of nitrogens with one attached hydrogen (secondary N) is 1. The highest BCUT2D eigenvalue weighted by Crippen LogP contribution is 2.32. The molecule has 3 N–H and O–H groups in total. The maximum absolute atomic E-state index is 12.2. The molecule has 0 saturated heterocycles. The number of aromatic amines is 1. The molecular weight excluding hydrogens is 280 g/mol. The first-order valence-electron chi connectivity index (χ1n) is 6.83. The Morgan fingerprint density at radius 2 is 1.68 bits per heavy atom. The number of pyridine rings is 1. The van der Waals surface area contributed by atoms with Crippen molar-refractivity contribution in [3.05, 3.63) is 52.7 Å². The first-order chi connectivity index (χ1) is 10.5. The lowest BCUT2D eigenvalue weighted by Crippen LogP contribution is -2.08. The van der Waals surface area contributed by atoms with E-state index >= 15 is 0 Å². The van der Waals surface area contributed by atoms with Gasteiger partial charge in [0.2, 0.25) is 0 Å². The van der Waals surface area contributed by atoms with Crippen molar-refractivity contribution in [2.45, 2.75) is 0 Å². The van der Waals surface area contributed by atoms with E-state index in [2.05, 4.69) is 4.98 Å². The van der Waals surface area contributed by atoms with Gasteiger partial charge in [-0.3, -0.25) is 4.79 Å². The second-order valence-corrected chi connectivity index (χ2v) is 5.34.